The molecule has 8 nitrogen and oxygen atoms in total. The molecule has 0 aromatic heterocycles. The van der Waals surface area contributed by atoms with Crippen LogP contribution >= 0.6 is 0 Å². The molecule has 4 rings (SSSR count). The first-order valence-electron chi connectivity index (χ1n) is 10.7. The summed E-state index contributed by atoms with van der Waals surface area (Å²) in [6.07, 6.45) is -0.168. The van der Waals surface area contributed by atoms with Gasteiger partial charge in [0.1, 0.15) is 11.6 Å². The van der Waals surface area contributed by atoms with E-state index in [-0.39, 0.29) is 36.1 Å². The minimum absolute atomic E-state index is 0.102. The van der Waals surface area contributed by atoms with Crippen LogP contribution in [0.1, 0.15) is 34.8 Å². The highest BCUT2D eigenvalue weighted by molar-refractivity contribution is 6.04. The lowest BCUT2D eigenvalue weighted by molar-refractivity contribution is -0.384. The number of nitro groups is 1. The number of nitrogens with one attached hydrogen (secondary N) is 1. The van der Waals surface area contributed by atoms with E-state index in [4.69, 9.17) is 4.74 Å². The zero-order chi connectivity index (χ0) is 24.2. The average molecular weight is 463 g/mol. The number of nitro benzene ring substituents is 1. The molecule has 3 aromatic carbocycles. The predicted octanol–water partition coefficient (Wildman–Crippen LogP) is 4.69. The maximum absolute atomic E-state index is 13.3. The Labute approximate surface area is 195 Å². The third-order valence-electron chi connectivity index (χ3n) is 5.53. The highest BCUT2D eigenvalue weighted by atomic mass is 19.1. The van der Waals surface area contributed by atoms with Gasteiger partial charge in [0.25, 0.3) is 17.5 Å². The van der Waals surface area contributed by atoms with Gasteiger partial charge in [0.15, 0.2) is 6.10 Å². The second-order valence-corrected chi connectivity index (χ2v) is 7.92. The minimum Gasteiger partial charge on any atom is -0.480 e. The number of non-ortho nitro benzene ring substituents is 1. The minimum atomic E-state index is -0.651. The van der Waals surface area contributed by atoms with Crippen molar-refractivity contribution < 1.29 is 23.6 Å². The molecular weight excluding hydrogens is 441 g/mol. The highest BCUT2D eigenvalue weighted by Crippen LogP contribution is 2.30. The Bertz CT molecular complexity index is 1230. The van der Waals surface area contributed by atoms with E-state index in [1.54, 1.807) is 35.2 Å². The molecule has 1 atom stereocenters. The monoisotopic (exact) mass is 463 g/mol. The average Bonchev–Trinajstić information content (AvgIpc) is 2.96. The van der Waals surface area contributed by atoms with Crippen LogP contribution in [0.15, 0.2) is 66.7 Å². The van der Waals surface area contributed by atoms with Crippen LogP contribution in [0.5, 0.6) is 5.75 Å². The maximum Gasteiger partial charge on any atom is 0.269 e. The van der Waals surface area contributed by atoms with Crippen LogP contribution in [0, 0.1) is 15.9 Å². The summed E-state index contributed by atoms with van der Waals surface area (Å²) < 4.78 is 19.2. The standard InChI is InChI=1S/C25H22FN3O5/c1-2-22-25(31)28(14-16-3-7-19(26)8-4-16)15-18-13-20(9-12-23(18)34-22)27-24(30)17-5-10-21(11-6-17)29(32)33/h3-13,22H,2,14-15H2,1H3,(H,27,30)/t22-/m1/s1. The van der Waals surface area contributed by atoms with Gasteiger partial charge in [-0.2, -0.15) is 0 Å². The fourth-order valence-electron chi connectivity index (χ4n) is 3.73. The molecular formula is C25H22FN3O5. The smallest absolute Gasteiger partial charge is 0.269 e. The van der Waals surface area contributed by atoms with Crippen LogP contribution < -0.4 is 10.1 Å². The quantitative estimate of drug-likeness (QED) is 0.422. The summed E-state index contributed by atoms with van der Waals surface area (Å²) in [5.74, 6) is -0.385. The first kappa shape index (κ1) is 22.9. The summed E-state index contributed by atoms with van der Waals surface area (Å²) in [5.41, 5.74) is 2.17. The van der Waals surface area contributed by atoms with Crippen molar-refractivity contribution in [2.24, 2.45) is 0 Å². The van der Waals surface area contributed by atoms with Gasteiger partial charge in [-0.25, -0.2) is 4.39 Å². The summed E-state index contributed by atoms with van der Waals surface area (Å²) in [7, 11) is 0. The van der Waals surface area contributed by atoms with E-state index in [2.05, 4.69) is 5.32 Å². The lowest BCUT2D eigenvalue weighted by atomic mass is 10.1. The number of hydrogen-bond acceptors (Lipinski definition) is 5. The van der Waals surface area contributed by atoms with Crippen molar-refractivity contribution in [1.29, 1.82) is 0 Å². The Morgan fingerprint density at radius 3 is 2.50 bits per heavy atom. The molecule has 3 aromatic rings. The van der Waals surface area contributed by atoms with E-state index in [1.165, 1.54) is 36.4 Å². The Hall–Kier alpha value is -4.27. The molecule has 0 unspecified atom stereocenters. The molecule has 0 bridgehead atoms. The molecule has 34 heavy (non-hydrogen) atoms. The van der Waals surface area contributed by atoms with Crippen LogP contribution in [0.25, 0.3) is 0 Å². The third-order valence-corrected chi connectivity index (χ3v) is 5.53. The van der Waals surface area contributed by atoms with Gasteiger partial charge in [-0.3, -0.25) is 19.7 Å². The molecule has 1 aliphatic rings. The Morgan fingerprint density at radius 1 is 1.15 bits per heavy atom. The van der Waals surface area contributed by atoms with Crippen LogP contribution in [-0.4, -0.2) is 27.7 Å². The molecule has 9 heteroatoms. The number of anilines is 1. The zero-order valence-corrected chi connectivity index (χ0v) is 18.4. The number of rotatable bonds is 6. The number of fused-ring (bicyclic) bond motifs is 1. The number of hydrogen-bond donors (Lipinski definition) is 1. The Balaban J connectivity index is 1.55. The van der Waals surface area contributed by atoms with Crippen molar-refractivity contribution >= 4 is 23.2 Å². The molecule has 0 fully saturated rings. The largest absolute Gasteiger partial charge is 0.480 e. The SMILES string of the molecule is CC[C@H]1Oc2ccc(NC(=O)c3ccc([N+](=O)[O-])cc3)cc2CN(Cc2ccc(F)cc2)C1=O. The van der Waals surface area contributed by atoms with E-state index in [9.17, 15) is 24.1 Å². The summed E-state index contributed by atoms with van der Waals surface area (Å²) in [5, 5.41) is 13.6. The second-order valence-electron chi connectivity index (χ2n) is 7.92. The van der Waals surface area contributed by atoms with E-state index in [0.717, 1.165) is 5.56 Å². The summed E-state index contributed by atoms with van der Waals surface area (Å²) in [6, 6.07) is 16.4. The summed E-state index contributed by atoms with van der Waals surface area (Å²) >= 11 is 0. The summed E-state index contributed by atoms with van der Waals surface area (Å²) in [4.78, 5) is 37.6. The number of benzene rings is 3. The molecule has 0 spiro atoms. The predicted molar refractivity (Wildman–Crippen MR) is 123 cm³/mol. The molecule has 0 aliphatic carbocycles. The number of nitrogens with zero attached hydrogens (tertiary/aromatic N) is 2. The van der Waals surface area contributed by atoms with Crippen LogP contribution in [-0.2, 0) is 17.9 Å². The van der Waals surface area contributed by atoms with Crippen molar-refractivity contribution in [1.82, 2.24) is 4.90 Å². The van der Waals surface area contributed by atoms with E-state index in [1.807, 2.05) is 6.92 Å². The van der Waals surface area contributed by atoms with Crippen molar-refractivity contribution in [2.45, 2.75) is 32.5 Å². The topological polar surface area (TPSA) is 102 Å². The second kappa shape index (κ2) is 9.70. The number of carbonyl (C=O) groups is 2. The Morgan fingerprint density at radius 2 is 1.85 bits per heavy atom. The molecule has 1 aliphatic heterocycles. The molecule has 0 radical (unpaired) electrons. The van der Waals surface area contributed by atoms with Crippen molar-refractivity contribution in [3.8, 4) is 5.75 Å². The summed E-state index contributed by atoms with van der Waals surface area (Å²) in [6.45, 7) is 2.41. The van der Waals surface area contributed by atoms with Crippen molar-refractivity contribution in [2.75, 3.05) is 5.32 Å². The first-order valence-corrected chi connectivity index (χ1v) is 10.7. The molecule has 2 amide bonds. The van der Waals surface area contributed by atoms with Crippen LogP contribution in [0.3, 0.4) is 0 Å². The first-order chi connectivity index (χ1) is 16.3. The van der Waals surface area contributed by atoms with Gasteiger partial charge < -0.3 is 15.0 Å². The van der Waals surface area contributed by atoms with Gasteiger partial charge in [-0.05, 0) is 54.4 Å². The maximum atomic E-state index is 13.3. The van der Waals surface area contributed by atoms with Gasteiger partial charge in [-0.15, -0.1) is 0 Å². The Kier molecular flexibility index (Phi) is 6.53. The van der Waals surface area contributed by atoms with Crippen LogP contribution in [0.2, 0.25) is 0 Å². The van der Waals surface area contributed by atoms with Gasteiger partial charge >= 0.3 is 0 Å². The zero-order valence-electron chi connectivity index (χ0n) is 18.4. The van der Waals surface area contributed by atoms with Gasteiger partial charge in [-0.1, -0.05) is 19.1 Å². The van der Waals surface area contributed by atoms with E-state index in [0.29, 0.717) is 23.4 Å². The number of halogens is 1. The molecule has 0 saturated carbocycles. The number of amides is 2. The van der Waals surface area contributed by atoms with Gasteiger partial charge in [0, 0.05) is 42.0 Å². The van der Waals surface area contributed by atoms with E-state index < -0.39 is 16.9 Å². The van der Waals surface area contributed by atoms with Gasteiger partial charge in [0.2, 0.25) is 0 Å². The fraction of sp³-hybridized carbons (Fsp3) is 0.200. The molecule has 0 saturated heterocycles. The molecule has 1 N–H and O–H groups in total. The molecule has 1 heterocycles. The third kappa shape index (κ3) is 5.03. The van der Waals surface area contributed by atoms with Crippen molar-refractivity contribution in [3.63, 3.8) is 0 Å². The van der Waals surface area contributed by atoms with Crippen LogP contribution in [0.4, 0.5) is 15.8 Å². The number of carbonyl (C=O) groups excluding carboxylic acids is 2. The van der Waals surface area contributed by atoms with Crippen molar-refractivity contribution in [3.05, 3.63) is 99.4 Å². The van der Waals surface area contributed by atoms with Gasteiger partial charge in [0.05, 0.1) is 4.92 Å². The lowest BCUT2D eigenvalue weighted by Crippen LogP contribution is -2.38. The highest BCUT2D eigenvalue weighted by Gasteiger charge is 2.30. The normalized spacial score (nSPS) is 15.2. The fourth-order valence-corrected chi connectivity index (χ4v) is 3.73. The lowest BCUT2D eigenvalue weighted by Gasteiger charge is -2.23. The number of ether oxygens (including phenoxy) is 1. The molecule has 174 valence electrons. The van der Waals surface area contributed by atoms with E-state index >= 15 is 0 Å².